The quantitative estimate of drug-likeness (QED) is 0.341. The molecule has 0 saturated carbocycles. The number of nitrogens with one attached hydrogen (secondary N) is 2. The van der Waals surface area contributed by atoms with Crippen LogP contribution in [0.25, 0.3) is 6.08 Å². The van der Waals surface area contributed by atoms with E-state index in [2.05, 4.69) is 10.6 Å². The first-order valence-electron chi connectivity index (χ1n) is 12.0. The molecule has 2 N–H and O–H groups in total. The number of imide groups is 2. The minimum atomic E-state index is -0.830. The SMILES string of the molecule is CCOc1ccc(N2C(=O)NC(=O)/C(=C\c3ccc(OCC(=O)Nc4ccc(C)c(C)c4)cc3)C2=O)cc1. The normalized spacial score (nSPS) is 14.3. The third-order valence-corrected chi connectivity index (χ3v) is 5.86. The van der Waals surface area contributed by atoms with Crippen molar-refractivity contribution in [1.82, 2.24) is 5.32 Å². The Morgan fingerprint density at radius 2 is 1.55 bits per heavy atom. The third-order valence-electron chi connectivity index (χ3n) is 5.86. The summed E-state index contributed by atoms with van der Waals surface area (Å²) >= 11 is 0. The third kappa shape index (κ3) is 6.07. The molecule has 38 heavy (non-hydrogen) atoms. The molecule has 0 unspecified atom stereocenters. The Morgan fingerprint density at radius 1 is 0.895 bits per heavy atom. The van der Waals surface area contributed by atoms with E-state index in [1.165, 1.54) is 6.08 Å². The number of urea groups is 1. The molecular weight excluding hydrogens is 486 g/mol. The minimum Gasteiger partial charge on any atom is -0.494 e. The minimum absolute atomic E-state index is 0.187. The highest BCUT2D eigenvalue weighted by atomic mass is 16.5. The topological polar surface area (TPSA) is 114 Å². The van der Waals surface area contributed by atoms with Crippen molar-refractivity contribution < 1.29 is 28.7 Å². The molecule has 3 aromatic carbocycles. The summed E-state index contributed by atoms with van der Waals surface area (Å²) in [5.74, 6) is -0.800. The Morgan fingerprint density at radius 3 is 2.21 bits per heavy atom. The molecule has 0 radical (unpaired) electrons. The van der Waals surface area contributed by atoms with Gasteiger partial charge >= 0.3 is 6.03 Å². The van der Waals surface area contributed by atoms with Crippen LogP contribution in [-0.2, 0) is 14.4 Å². The molecule has 9 heteroatoms. The van der Waals surface area contributed by atoms with Crippen LogP contribution in [0.5, 0.6) is 11.5 Å². The molecule has 1 heterocycles. The van der Waals surface area contributed by atoms with Gasteiger partial charge in [0.2, 0.25) is 0 Å². The van der Waals surface area contributed by atoms with Crippen molar-refractivity contribution in [2.24, 2.45) is 0 Å². The highest BCUT2D eigenvalue weighted by Crippen LogP contribution is 2.25. The highest BCUT2D eigenvalue weighted by Gasteiger charge is 2.36. The van der Waals surface area contributed by atoms with E-state index in [9.17, 15) is 19.2 Å². The van der Waals surface area contributed by atoms with Gasteiger partial charge in [-0.25, -0.2) is 9.69 Å². The Hall–Kier alpha value is -4.92. The zero-order valence-electron chi connectivity index (χ0n) is 21.2. The molecule has 0 bridgehead atoms. The van der Waals surface area contributed by atoms with E-state index in [1.54, 1.807) is 48.5 Å². The standard InChI is InChI=1S/C29H27N3O6/c1-4-37-23-13-9-22(10-14-23)32-28(35)25(27(34)31-29(32)36)16-20-6-11-24(12-7-20)38-17-26(33)30-21-8-5-18(2)19(3)15-21/h5-16H,4,17H2,1-3H3,(H,30,33)(H,31,34,36)/b25-16+. The Labute approximate surface area is 220 Å². The lowest BCUT2D eigenvalue weighted by molar-refractivity contribution is -0.122. The number of aryl methyl sites for hydroxylation is 2. The monoisotopic (exact) mass is 513 g/mol. The second-order valence-corrected chi connectivity index (χ2v) is 8.59. The molecule has 194 valence electrons. The van der Waals surface area contributed by atoms with Gasteiger partial charge in [0.25, 0.3) is 17.7 Å². The van der Waals surface area contributed by atoms with Crippen molar-refractivity contribution in [1.29, 1.82) is 0 Å². The molecule has 0 atom stereocenters. The van der Waals surface area contributed by atoms with Gasteiger partial charge in [0.15, 0.2) is 6.61 Å². The van der Waals surface area contributed by atoms with Gasteiger partial charge in [0.1, 0.15) is 17.1 Å². The van der Waals surface area contributed by atoms with Crippen molar-refractivity contribution in [2.75, 3.05) is 23.4 Å². The van der Waals surface area contributed by atoms with Crippen LogP contribution in [0, 0.1) is 13.8 Å². The van der Waals surface area contributed by atoms with Gasteiger partial charge in [-0.15, -0.1) is 0 Å². The van der Waals surface area contributed by atoms with Crippen LogP contribution >= 0.6 is 0 Å². The van der Waals surface area contributed by atoms with E-state index in [4.69, 9.17) is 9.47 Å². The summed E-state index contributed by atoms with van der Waals surface area (Å²) in [4.78, 5) is 51.1. The van der Waals surface area contributed by atoms with Crippen LogP contribution in [0.15, 0.2) is 72.3 Å². The molecule has 4 rings (SSSR count). The lowest BCUT2D eigenvalue weighted by Crippen LogP contribution is -2.54. The van der Waals surface area contributed by atoms with Gasteiger partial charge in [-0.05, 0) is 92.1 Å². The number of carbonyl (C=O) groups is 4. The van der Waals surface area contributed by atoms with Gasteiger partial charge in [0, 0.05) is 5.69 Å². The largest absolute Gasteiger partial charge is 0.494 e. The fraction of sp³-hybridized carbons (Fsp3) is 0.172. The van der Waals surface area contributed by atoms with Crippen LogP contribution in [0.1, 0.15) is 23.6 Å². The van der Waals surface area contributed by atoms with Crippen molar-refractivity contribution in [3.8, 4) is 11.5 Å². The summed E-state index contributed by atoms with van der Waals surface area (Å²) in [5.41, 5.74) is 3.55. The van der Waals surface area contributed by atoms with Gasteiger partial charge < -0.3 is 14.8 Å². The number of anilines is 2. The van der Waals surface area contributed by atoms with E-state index in [1.807, 2.05) is 39.0 Å². The zero-order chi connectivity index (χ0) is 27.2. The number of carbonyl (C=O) groups excluding carboxylic acids is 4. The summed E-state index contributed by atoms with van der Waals surface area (Å²) in [6.07, 6.45) is 1.39. The van der Waals surface area contributed by atoms with Crippen LogP contribution in [0.2, 0.25) is 0 Å². The lowest BCUT2D eigenvalue weighted by Gasteiger charge is -2.26. The molecular formula is C29H27N3O6. The van der Waals surface area contributed by atoms with Crippen molar-refractivity contribution in [3.63, 3.8) is 0 Å². The molecule has 9 nitrogen and oxygen atoms in total. The number of amides is 5. The maximum atomic E-state index is 13.1. The Kier molecular flexibility index (Phi) is 7.86. The van der Waals surface area contributed by atoms with Crippen LogP contribution in [0.3, 0.4) is 0 Å². The molecule has 0 aromatic heterocycles. The molecule has 1 fully saturated rings. The predicted octanol–water partition coefficient (Wildman–Crippen LogP) is 4.39. The summed E-state index contributed by atoms with van der Waals surface area (Å²) < 4.78 is 10.9. The Bertz CT molecular complexity index is 1410. The number of nitrogens with zero attached hydrogens (tertiary/aromatic N) is 1. The smallest absolute Gasteiger partial charge is 0.335 e. The molecule has 0 aliphatic carbocycles. The number of rotatable bonds is 8. The van der Waals surface area contributed by atoms with Crippen molar-refractivity contribution in [2.45, 2.75) is 20.8 Å². The summed E-state index contributed by atoms with van der Waals surface area (Å²) in [7, 11) is 0. The van der Waals surface area contributed by atoms with Gasteiger partial charge in [-0.2, -0.15) is 0 Å². The van der Waals surface area contributed by atoms with Crippen LogP contribution in [-0.4, -0.2) is 37.0 Å². The first kappa shape index (κ1) is 26.2. The van der Waals surface area contributed by atoms with Gasteiger partial charge in [0.05, 0.1) is 12.3 Å². The van der Waals surface area contributed by atoms with E-state index in [0.29, 0.717) is 35.0 Å². The van der Waals surface area contributed by atoms with E-state index >= 15 is 0 Å². The molecule has 1 saturated heterocycles. The average molecular weight is 514 g/mol. The van der Waals surface area contributed by atoms with Crippen LogP contribution < -0.4 is 25.0 Å². The fourth-order valence-electron chi connectivity index (χ4n) is 3.74. The first-order chi connectivity index (χ1) is 18.2. The zero-order valence-corrected chi connectivity index (χ0v) is 21.2. The fourth-order valence-corrected chi connectivity index (χ4v) is 3.74. The molecule has 3 aromatic rings. The first-order valence-corrected chi connectivity index (χ1v) is 12.0. The summed E-state index contributed by atoms with van der Waals surface area (Å²) in [6, 6.07) is 17.8. The number of ether oxygens (including phenoxy) is 2. The molecule has 5 amide bonds. The van der Waals surface area contributed by atoms with Gasteiger partial charge in [-0.3, -0.25) is 19.7 Å². The second-order valence-electron chi connectivity index (χ2n) is 8.59. The van der Waals surface area contributed by atoms with E-state index in [0.717, 1.165) is 16.0 Å². The van der Waals surface area contributed by atoms with E-state index < -0.39 is 17.8 Å². The highest BCUT2D eigenvalue weighted by molar-refractivity contribution is 6.39. The van der Waals surface area contributed by atoms with Crippen molar-refractivity contribution in [3.05, 3.63) is 89.0 Å². The van der Waals surface area contributed by atoms with Crippen LogP contribution in [0.4, 0.5) is 16.2 Å². The summed E-state index contributed by atoms with van der Waals surface area (Å²) in [6.45, 7) is 6.11. The number of barbiturate groups is 1. The lowest BCUT2D eigenvalue weighted by atomic mass is 10.1. The number of hydrogen-bond donors (Lipinski definition) is 2. The maximum absolute atomic E-state index is 13.1. The average Bonchev–Trinajstić information content (AvgIpc) is 2.89. The van der Waals surface area contributed by atoms with Gasteiger partial charge in [-0.1, -0.05) is 18.2 Å². The predicted molar refractivity (Wildman–Crippen MR) is 143 cm³/mol. The molecule has 0 spiro atoms. The van der Waals surface area contributed by atoms with Crippen molar-refractivity contribution >= 4 is 41.2 Å². The molecule has 1 aliphatic heterocycles. The molecule has 1 aliphatic rings. The van der Waals surface area contributed by atoms with E-state index in [-0.39, 0.29) is 18.1 Å². The number of benzene rings is 3. The Balaban J connectivity index is 1.41. The summed E-state index contributed by atoms with van der Waals surface area (Å²) in [5, 5.41) is 4.99. The maximum Gasteiger partial charge on any atom is 0.335 e. The number of hydrogen-bond acceptors (Lipinski definition) is 6. The second kappa shape index (κ2) is 11.4.